The van der Waals surface area contributed by atoms with Crippen molar-refractivity contribution in [3.63, 3.8) is 0 Å². The van der Waals surface area contributed by atoms with Gasteiger partial charge in [0.2, 0.25) is 17.7 Å². The number of morpholine rings is 1. The molecular formula is C25H20B5N3O6. The number of ether oxygens (including phenoxy) is 2. The average Bonchev–Trinajstić information content (AvgIpc) is 3.22. The fourth-order valence-corrected chi connectivity index (χ4v) is 5.13. The Hall–Kier alpha value is -3.40. The molecule has 2 aromatic rings. The number of rotatable bonds is 6. The molecule has 0 spiro atoms. The number of benzene rings is 2. The van der Waals surface area contributed by atoms with Crippen LogP contribution in [0.25, 0.3) is 0 Å². The van der Waals surface area contributed by atoms with E-state index in [9.17, 15) is 19.2 Å². The van der Waals surface area contributed by atoms with E-state index in [1.54, 1.807) is 24.3 Å². The number of imide groups is 1. The van der Waals surface area contributed by atoms with E-state index in [1.165, 1.54) is 15.9 Å². The highest BCUT2D eigenvalue weighted by Gasteiger charge is 2.40. The van der Waals surface area contributed by atoms with E-state index in [0.29, 0.717) is 29.8 Å². The number of fused-ring (bicyclic) bond motifs is 1. The van der Waals surface area contributed by atoms with Gasteiger partial charge in [-0.15, -0.1) is 0 Å². The summed E-state index contributed by atoms with van der Waals surface area (Å²) in [4.78, 5) is 52.1. The van der Waals surface area contributed by atoms with Crippen molar-refractivity contribution in [2.45, 2.75) is 36.8 Å². The molecule has 10 radical (unpaired) electrons. The molecule has 2 fully saturated rings. The van der Waals surface area contributed by atoms with Gasteiger partial charge in [-0.2, -0.15) is 0 Å². The summed E-state index contributed by atoms with van der Waals surface area (Å²) in [5.41, 5.74) is 1.52. The van der Waals surface area contributed by atoms with Crippen LogP contribution in [-0.4, -0.2) is 98.5 Å². The van der Waals surface area contributed by atoms with Crippen molar-refractivity contribution in [3.05, 3.63) is 52.6 Å². The summed E-state index contributed by atoms with van der Waals surface area (Å²) in [5.74, 6) is -2.18. The Morgan fingerprint density at radius 1 is 1.08 bits per heavy atom. The Bertz CT molecular complexity index is 1390. The van der Waals surface area contributed by atoms with Gasteiger partial charge in [0.15, 0.2) is 0 Å². The van der Waals surface area contributed by atoms with Gasteiger partial charge in [-0.3, -0.25) is 24.5 Å². The smallest absolute Gasteiger partial charge is 0.255 e. The monoisotopic (exact) mass is 513 g/mol. The summed E-state index contributed by atoms with van der Waals surface area (Å²) < 4.78 is 11.2. The minimum absolute atomic E-state index is 0.0301. The predicted octanol–water partition coefficient (Wildman–Crippen LogP) is -2.41. The van der Waals surface area contributed by atoms with E-state index in [-0.39, 0.29) is 66.0 Å². The molecule has 14 heteroatoms. The number of nitrogens with zero attached hydrogens (tertiary/aromatic N) is 2. The van der Waals surface area contributed by atoms with Crippen LogP contribution in [0.4, 0.5) is 0 Å². The zero-order valence-corrected chi connectivity index (χ0v) is 21.0. The molecule has 3 aliphatic heterocycles. The topological polar surface area (TPSA) is 105 Å². The standard InChI is InChI=1S/C25H20B5N3O6/c26-20-13(22(28)32-8-9-38-11-19(32)35)4-5-15(21(20)27)25(29,30)39-17-3-1-2-12-14(17)10-33(24(12)37)16-6-7-18(34)31-23(16)36/h1-5,16,22H,6-11H2,(H,31,34,36). The maximum Gasteiger partial charge on any atom is 0.255 e. The Kier molecular flexibility index (Phi) is 7.18. The highest BCUT2D eigenvalue weighted by molar-refractivity contribution is 6.52. The first-order chi connectivity index (χ1) is 18.5. The van der Waals surface area contributed by atoms with Crippen LogP contribution in [0.1, 0.15) is 45.8 Å². The lowest BCUT2D eigenvalue weighted by Gasteiger charge is -2.36. The van der Waals surface area contributed by atoms with Crippen molar-refractivity contribution < 1.29 is 28.7 Å². The quantitative estimate of drug-likeness (QED) is 0.342. The van der Waals surface area contributed by atoms with Crippen molar-refractivity contribution in [2.24, 2.45) is 0 Å². The first kappa shape index (κ1) is 27.2. The van der Waals surface area contributed by atoms with Crippen molar-refractivity contribution in [3.8, 4) is 5.75 Å². The van der Waals surface area contributed by atoms with Crippen LogP contribution >= 0.6 is 0 Å². The van der Waals surface area contributed by atoms with E-state index in [2.05, 4.69) is 5.32 Å². The van der Waals surface area contributed by atoms with Crippen LogP contribution in [0.15, 0.2) is 30.3 Å². The van der Waals surface area contributed by atoms with Crippen molar-refractivity contribution in [1.82, 2.24) is 15.1 Å². The summed E-state index contributed by atoms with van der Waals surface area (Å²) >= 11 is 0. The van der Waals surface area contributed by atoms with Crippen LogP contribution in [-0.2, 0) is 31.1 Å². The van der Waals surface area contributed by atoms with Gasteiger partial charge < -0.3 is 19.3 Å². The second-order valence-electron chi connectivity index (χ2n) is 9.69. The predicted molar refractivity (Wildman–Crippen MR) is 145 cm³/mol. The lowest BCUT2D eigenvalue weighted by molar-refractivity contribution is -0.143. The Labute approximate surface area is 232 Å². The van der Waals surface area contributed by atoms with E-state index in [0.717, 1.165) is 0 Å². The molecule has 5 rings (SSSR count). The molecule has 1 N–H and O–H groups in total. The molecule has 2 aromatic carbocycles. The van der Waals surface area contributed by atoms with Gasteiger partial charge >= 0.3 is 0 Å². The van der Waals surface area contributed by atoms with Gasteiger partial charge in [0.05, 0.1) is 13.2 Å². The van der Waals surface area contributed by atoms with Crippen LogP contribution in [0, 0.1) is 0 Å². The van der Waals surface area contributed by atoms with Crippen LogP contribution in [0.2, 0.25) is 0 Å². The molecule has 39 heavy (non-hydrogen) atoms. The number of amides is 4. The fraction of sp³-hybridized carbons (Fsp3) is 0.360. The highest BCUT2D eigenvalue weighted by atomic mass is 16.5. The first-order valence-electron chi connectivity index (χ1n) is 12.3. The van der Waals surface area contributed by atoms with Crippen molar-refractivity contribution in [1.29, 1.82) is 0 Å². The molecule has 0 saturated carbocycles. The molecule has 2 atom stereocenters. The first-order valence-corrected chi connectivity index (χ1v) is 12.3. The van der Waals surface area contributed by atoms with Crippen LogP contribution in [0.5, 0.6) is 5.75 Å². The molecule has 3 aliphatic rings. The largest absolute Gasteiger partial charge is 0.502 e. The van der Waals surface area contributed by atoms with Gasteiger partial charge in [0, 0.05) is 35.4 Å². The number of piperidine rings is 1. The molecule has 4 amide bonds. The third kappa shape index (κ3) is 4.90. The molecule has 0 bridgehead atoms. The Morgan fingerprint density at radius 3 is 2.56 bits per heavy atom. The summed E-state index contributed by atoms with van der Waals surface area (Å²) in [5, 5.41) is 0.293. The maximum atomic E-state index is 13.1. The lowest BCUT2D eigenvalue weighted by atomic mass is 9.56. The van der Waals surface area contributed by atoms with E-state index in [1.807, 2.05) is 0 Å². The van der Waals surface area contributed by atoms with Crippen molar-refractivity contribution in [2.75, 3.05) is 19.8 Å². The normalized spacial score (nSPS) is 20.6. The Balaban J connectivity index is 1.40. The number of carbonyl (C=O) groups is 4. The molecule has 2 unspecified atom stereocenters. The molecule has 3 heterocycles. The van der Waals surface area contributed by atoms with Gasteiger partial charge in [0.25, 0.3) is 5.91 Å². The SMILES string of the molecule is [B]c1c(C([B])N2CCOCC2=O)ccc(C([B])([B])Oc2cccc3c2CN(C2CCC(=O)NC2=O)C3=O)c1[B]. The maximum absolute atomic E-state index is 13.1. The highest BCUT2D eigenvalue weighted by Crippen LogP contribution is 2.36. The molecule has 9 nitrogen and oxygen atoms in total. The van der Waals surface area contributed by atoms with Crippen molar-refractivity contribution >= 4 is 73.8 Å². The fourth-order valence-electron chi connectivity index (χ4n) is 5.13. The summed E-state index contributed by atoms with van der Waals surface area (Å²) in [7, 11) is 31.7. The summed E-state index contributed by atoms with van der Waals surface area (Å²) in [6, 6.07) is 7.13. The zero-order valence-electron chi connectivity index (χ0n) is 21.0. The third-order valence-electron chi connectivity index (χ3n) is 7.24. The zero-order chi connectivity index (χ0) is 28.1. The molecule has 186 valence electrons. The second kappa shape index (κ2) is 10.3. The van der Waals surface area contributed by atoms with Gasteiger partial charge in [0.1, 0.15) is 57.6 Å². The summed E-state index contributed by atoms with van der Waals surface area (Å²) in [6.45, 7) is 0.635. The second-order valence-corrected chi connectivity index (χ2v) is 9.69. The van der Waals surface area contributed by atoms with E-state index in [4.69, 9.17) is 48.7 Å². The van der Waals surface area contributed by atoms with Gasteiger partial charge in [-0.05, 0) is 29.7 Å². The average molecular weight is 513 g/mol. The van der Waals surface area contributed by atoms with E-state index >= 15 is 0 Å². The number of carbonyl (C=O) groups excluding carboxylic acids is 4. The molecule has 0 aliphatic carbocycles. The molecular weight excluding hydrogens is 492 g/mol. The van der Waals surface area contributed by atoms with Gasteiger partial charge in [-0.25, -0.2) is 0 Å². The number of hydrogen-bond acceptors (Lipinski definition) is 6. The van der Waals surface area contributed by atoms with E-state index < -0.39 is 23.3 Å². The minimum Gasteiger partial charge on any atom is -0.502 e. The van der Waals surface area contributed by atoms with Gasteiger partial charge in [-0.1, -0.05) is 29.1 Å². The summed E-state index contributed by atoms with van der Waals surface area (Å²) in [6.07, 6.45) is 0.354. The van der Waals surface area contributed by atoms with Crippen LogP contribution in [0.3, 0.4) is 0 Å². The number of nitrogens with one attached hydrogen (secondary N) is 1. The molecule has 0 aromatic heterocycles. The Morgan fingerprint density at radius 2 is 1.85 bits per heavy atom. The lowest BCUT2D eigenvalue weighted by Crippen LogP contribution is -2.52. The number of hydrogen-bond donors (Lipinski definition) is 1. The molecule has 2 saturated heterocycles. The minimum atomic E-state index is -1.98. The van der Waals surface area contributed by atoms with Crippen LogP contribution < -0.4 is 21.0 Å². The third-order valence-corrected chi connectivity index (χ3v) is 7.24.